The normalized spacial score (nSPS) is 0. The van der Waals surface area contributed by atoms with Crippen molar-refractivity contribution in [2.24, 2.45) is 0 Å². The molecule has 0 aliphatic rings. The Kier molecular flexibility index (Phi) is 325. The molecule has 0 aliphatic carbocycles. The van der Waals surface area contributed by atoms with Crippen molar-refractivity contribution in [2.75, 3.05) is 0 Å². The Morgan fingerprint density at radius 3 is 0.333 bits per heavy atom. The van der Waals surface area contributed by atoms with E-state index in [1.54, 1.807) is 0 Å². The number of hydrogen-bond donors (Lipinski definition) is 0. The molecule has 41 valence electrons. The van der Waals surface area contributed by atoms with Crippen LogP contribution >= 0.6 is 67.5 Å². The molecule has 0 bridgehead atoms. The van der Waals surface area contributed by atoms with Crippen LogP contribution in [0.1, 0.15) is 0 Å². The number of hydrogen-bond acceptors (Lipinski definition) is 0. The molecule has 6 heavy (non-hydrogen) atoms. The van der Waals surface area contributed by atoms with Gasteiger partial charge in [-0.25, -0.2) is 0 Å². The average Bonchev–Trinajstić information content (AvgIpc) is 0. The summed E-state index contributed by atoms with van der Waals surface area (Å²) >= 11 is 0. The van der Waals surface area contributed by atoms with E-state index in [0.29, 0.717) is 0 Å². The second kappa shape index (κ2) is 37.1. The predicted molar refractivity (Wildman–Crippen MR) is 57.7 cm³/mol. The zero-order valence-corrected chi connectivity index (χ0v) is 14.8. The van der Waals surface area contributed by atoms with Crippen LogP contribution in [0.4, 0.5) is 0 Å². The Bertz CT molecular complexity index is 3.90. The van der Waals surface area contributed by atoms with Crippen molar-refractivity contribution in [1.29, 1.82) is 0 Å². The molecule has 0 saturated heterocycles. The van der Waals surface area contributed by atoms with Gasteiger partial charge in [0.1, 0.15) is 0 Å². The molecule has 0 aromatic heterocycles. The summed E-state index contributed by atoms with van der Waals surface area (Å²) in [5.41, 5.74) is 0. The molecule has 0 unspecified atom stereocenters. The van der Waals surface area contributed by atoms with E-state index in [2.05, 4.69) is 0 Å². The van der Waals surface area contributed by atoms with Crippen LogP contribution in [-0.4, -0.2) is 68.9 Å². The van der Waals surface area contributed by atoms with E-state index in [9.17, 15) is 0 Å². The topological polar surface area (TPSA) is 0 Å². The second-order valence-electron chi connectivity index (χ2n) is 0. The maximum absolute atomic E-state index is 0. The quantitative estimate of drug-likeness (QED) is 0.599. The second-order valence-corrected chi connectivity index (χ2v) is 0. The smallest absolute Gasteiger partial charge is 0 e. The van der Waals surface area contributed by atoms with Crippen LogP contribution in [0.25, 0.3) is 0 Å². The summed E-state index contributed by atoms with van der Waals surface area (Å²) in [7, 11) is 0. The van der Waals surface area contributed by atoms with Crippen LogP contribution in [0, 0.1) is 0 Å². The van der Waals surface area contributed by atoms with Gasteiger partial charge in [-0.1, -0.05) is 0 Å². The molecule has 0 saturated carbocycles. The van der Waals surface area contributed by atoms with Crippen molar-refractivity contribution in [1.82, 2.24) is 0 Å². The first-order valence-corrected chi connectivity index (χ1v) is 0. The molecule has 0 spiro atoms. The van der Waals surface area contributed by atoms with Gasteiger partial charge in [0.05, 0.1) is 0 Å². The number of rotatable bonds is 0. The van der Waals surface area contributed by atoms with Crippen LogP contribution in [0.3, 0.4) is 0 Å². The zero-order valence-electron chi connectivity index (χ0n) is 3.50. The van der Waals surface area contributed by atoms with Gasteiger partial charge in [-0.05, 0) is 0 Å². The van der Waals surface area contributed by atoms with Gasteiger partial charge in [-0.15, -0.1) is 0 Å². The molecule has 0 fully saturated rings. The van der Waals surface area contributed by atoms with Crippen molar-refractivity contribution in [3.63, 3.8) is 0 Å². The molecule has 0 aliphatic heterocycles. The fourth-order valence-electron chi connectivity index (χ4n) is 0. The van der Waals surface area contributed by atoms with Gasteiger partial charge in [0.2, 0.25) is 0 Å². The van der Waals surface area contributed by atoms with Crippen LogP contribution in [0.15, 0.2) is 0 Å². The van der Waals surface area contributed by atoms with Crippen LogP contribution in [0.5, 0.6) is 0 Å². The minimum atomic E-state index is 0. The van der Waals surface area contributed by atoms with Gasteiger partial charge in [-0.3, -0.25) is 0 Å². The molecular weight excluding hydrogens is 293 g/mol. The van der Waals surface area contributed by atoms with Gasteiger partial charge in [-0.2, -0.15) is 67.5 Å². The first-order valence-electron chi connectivity index (χ1n) is 0. The molecule has 0 aromatic rings. The molecule has 0 amide bonds. The monoisotopic (exact) mass is 303 g/mol. The Labute approximate surface area is 133 Å². The van der Waals surface area contributed by atoms with Crippen molar-refractivity contribution < 1.29 is 0 Å². The van der Waals surface area contributed by atoms with E-state index in [1.165, 1.54) is 0 Å². The third kappa shape index (κ3) is 25.0. The molecule has 0 nitrogen and oxygen atoms in total. The van der Waals surface area contributed by atoms with Crippen molar-refractivity contribution in [3.8, 4) is 0 Å². The van der Waals surface area contributed by atoms with E-state index < -0.39 is 0 Å². The minimum Gasteiger partial charge on any atom is -0.197 e. The van der Waals surface area contributed by atoms with Crippen LogP contribution in [0.2, 0.25) is 0 Å². The maximum atomic E-state index is 0. The fourth-order valence-corrected chi connectivity index (χ4v) is 0. The third-order valence-corrected chi connectivity index (χ3v) is 0. The van der Waals surface area contributed by atoms with Gasteiger partial charge in [0, 0.05) is 68.9 Å². The molecular formula is H10CsS5. The summed E-state index contributed by atoms with van der Waals surface area (Å²) in [6.45, 7) is 0. The van der Waals surface area contributed by atoms with E-state index in [0.717, 1.165) is 0 Å². The summed E-state index contributed by atoms with van der Waals surface area (Å²) in [5, 5.41) is 0. The fraction of sp³-hybridized carbons (Fsp3) is 0. The summed E-state index contributed by atoms with van der Waals surface area (Å²) in [5.74, 6) is 0. The van der Waals surface area contributed by atoms with E-state index in [-0.39, 0.29) is 136 Å². The largest absolute Gasteiger partial charge is 0.197 e. The van der Waals surface area contributed by atoms with Crippen LogP contribution in [-0.2, 0) is 0 Å². The van der Waals surface area contributed by atoms with Crippen molar-refractivity contribution >= 4 is 136 Å². The van der Waals surface area contributed by atoms with Gasteiger partial charge in [0.25, 0.3) is 0 Å². The molecule has 0 N–H and O–H groups in total. The predicted octanol–water partition coefficient (Wildman–Crippen LogP) is 0.183. The van der Waals surface area contributed by atoms with Gasteiger partial charge < -0.3 is 0 Å². The first kappa shape index (κ1) is 52.5. The first-order chi connectivity index (χ1) is 0. The average molecular weight is 303 g/mol. The standard InChI is InChI=1S/Cs.5H2S/h;5*1H2. The molecule has 1 radical (unpaired) electrons. The summed E-state index contributed by atoms with van der Waals surface area (Å²) in [6.07, 6.45) is 0. The Hall–Kier alpha value is 3.80. The maximum Gasteiger partial charge on any atom is 0 e. The van der Waals surface area contributed by atoms with E-state index in [4.69, 9.17) is 0 Å². The summed E-state index contributed by atoms with van der Waals surface area (Å²) in [6, 6.07) is 0. The summed E-state index contributed by atoms with van der Waals surface area (Å²) in [4.78, 5) is 0. The Morgan fingerprint density at radius 2 is 0.333 bits per heavy atom. The van der Waals surface area contributed by atoms with Gasteiger partial charge >= 0.3 is 0 Å². The minimum absolute atomic E-state index is 0. The van der Waals surface area contributed by atoms with Gasteiger partial charge in [0.15, 0.2) is 0 Å². The van der Waals surface area contributed by atoms with Crippen molar-refractivity contribution in [2.45, 2.75) is 0 Å². The molecule has 0 aromatic carbocycles. The Balaban J connectivity index is 0. The molecule has 0 rings (SSSR count). The Morgan fingerprint density at radius 1 is 0.333 bits per heavy atom. The molecule has 0 atom stereocenters. The summed E-state index contributed by atoms with van der Waals surface area (Å²) < 4.78 is 0. The van der Waals surface area contributed by atoms with Crippen LogP contribution < -0.4 is 0 Å². The molecule has 0 heterocycles. The van der Waals surface area contributed by atoms with Crippen molar-refractivity contribution in [3.05, 3.63) is 0 Å². The third-order valence-electron chi connectivity index (χ3n) is 0. The SMILES string of the molecule is S.S.S.S.S.[Cs]. The molecule has 6 heteroatoms. The zero-order chi connectivity index (χ0) is 0. The van der Waals surface area contributed by atoms with E-state index >= 15 is 0 Å². The van der Waals surface area contributed by atoms with E-state index in [1.807, 2.05) is 0 Å².